The van der Waals surface area contributed by atoms with Gasteiger partial charge in [0.25, 0.3) is 6.47 Å². The lowest BCUT2D eigenvalue weighted by Crippen LogP contribution is -2.55. The zero-order valence-corrected chi connectivity index (χ0v) is 44.7. The van der Waals surface area contributed by atoms with Gasteiger partial charge in [-0.05, 0) is 87.6 Å². The predicted molar refractivity (Wildman–Crippen MR) is 286 cm³/mol. The molecule has 0 spiro atoms. The summed E-state index contributed by atoms with van der Waals surface area (Å²) in [6.07, 6.45) is 8.72. The maximum absolute atomic E-state index is 12.7. The van der Waals surface area contributed by atoms with Gasteiger partial charge in [0.1, 0.15) is 11.8 Å². The molecule has 1 aliphatic rings. The van der Waals surface area contributed by atoms with Crippen molar-refractivity contribution >= 4 is 56.8 Å². The first kappa shape index (κ1) is 58.7. The highest BCUT2D eigenvalue weighted by molar-refractivity contribution is 8.14. The van der Waals surface area contributed by atoms with Gasteiger partial charge in [0.15, 0.2) is 0 Å². The van der Waals surface area contributed by atoms with Crippen molar-refractivity contribution in [2.24, 2.45) is 34.6 Å². The average Bonchev–Trinajstić information content (AvgIpc) is 3.88. The summed E-state index contributed by atoms with van der Waals surface area (Å²) in [7, 11) is 3.59. The molecule has 5 rings (SSSR count). The van der Waals surface area contributed by atoms with Crippen LogP contribution in [0.3, 0.4) is 0 Å². The number of fused-ring (bicyclic) bond motifs is 1. The van der Waals surface area contributed by atoms with E-state index in [9.17, 15) is 14.4 Å². The number of nitrogens with zero attached hydrogens (tertiary/aromatic N) is 5. The van der Waals surface area contributed by atoms with Crippen molar-refractivity contribution in [2.75, 3.05) is 46.6 Å². The molecule has 4 unspecified atom stereocenters. The number of ketones is 1. The number of unbranched alkanes of at least 4 members (excludes halogenated alkanes) is 1. The summed E-state index contributed by atoms with van der Waals surface area (Å²) in [5.74, 6) is 10.7. The number of carbonyl (C=O) groups excluding carboxylic acids is 3. The molecule has 0 saturated carbocycles. The number of amides is 1. The Morgan fingerprint density at radius 3 is 2.36 bits per heavy atom. The number of ether oxygens (including phenoxy) is 1. The summed E-state index contributed by atoms with van der Waals surface area (Å²) >= 11 is 1.62. The van der Waals surface area contributed by atoms with Crippen molar-refractivity contribution in [2.45, 2.75) is 132 Å². The van der Waals surface area contributed by atoms with Crippen LogP contribution < -0.4 is 22.7 Å². The van der Waals surface area contributed by atoms with E-state index in [1.54, 1.807) is 11.3 Å². The molecule has 15 heteroatoms. The maximum Gasteiger partial charge on any atom is 0.293 e. The molecule has 0 radical (unpaired) electrons. The third kappa shape index (κ3) is 16.1. The summed E-state index contributed by atoms with van der Waals surface area (Å²) in [5.41, 5.74) is 20.1. The van der Waals surface area contributed by atoms with E-state index >= 15 is 0 Å². The molecule has 1 aromatic carbocycles. The van der Waals surface area contributed by atoms with Crippen molar-refractivity contribution in [1.29, 1.82) is 0 Å². The van der Waals surface area contributed by atoms with E-state index < -0.39 is 0 Å². The molecule has 4 aromatic rings. The number of primary amides is 1. The molecule has 13 nitrogen and oxygen atoms in total. The van der Waals surface area contributed by atoms with Crippen LogP contribution in [-0.4, -0.2) is 106 Å². The fourth-order valence-corrected chi connectivity index (χ4v) is 10.1. The molecule has 1 saturated heterocycles. The highest BCUT2D eigenvalue weighted by atomic mass is 32.2. The Kier molecular flexibility index (Phi) is 25.2. The number of nitrogens with one attached hydrogen (secondary N) is 1. The SMILES string of the molecule is C=C(N1CC(S(=C)C)C1)N(C)C(C(N)=O)C(C)C.CC.CCC(C)c1ncccc1-c1c(CC(C)(C)COC=O)c2cc(-c3csc(CC(C)C(=O)CCCCNN)n3)ccc2n1CC.CN. The minimum absolute atomic E-state index is 0.0694. The van der Waals surface area contributed by atoms with Crippen molar-refractivity contribution in [3.63, 3.8) is 0 Å². The Balaban J connectivity index is 0.000000585. The Labute approximate surface area is 409 Å². The van der Waals surface area contributed by atoms with Crippen molar-refractivity contribution in [3.05, 3.63) is 70.6 Å². The fourth-order valence-electron chi connectivity index (χ4n) is 8.33. The normalized spacial score (nSPS) is 14.2. The van der Waals surface area contributed by atoms with E-state index in [0.29, 0.717) is 37.1 Å². The Morgan fingerprint density at radius 1 is 1.12 bits per heavy atom. The van der Waals surface area contributed by atoms with Crippen LogP contribution >= 0.6 is 21.8 Å². The molecule has 67 heavy (non-hydrogen) atoms. The first-order chi connectivity index (χ1) is 31.9. The molecule has 4 heterocycles. The minimum atomic E-state index is -0.295. The number of benzene rings is 1. The van der Waals surface area contributed by atoms with Crippen LogP contribution in [0.4, 0.5) is 0 Å². The number of aromatic nitrogens is 3. The number of likely N-dealkylation sites (tertiary alicyclic amines) is 1. The number of rotatable bonds is 24. The Hall–Kier alpha value is -4.41. The van der Waals surface area contributed by atoms with Gasteiger partial charge in [0, 0.05) is 96.3 Å². The summed E-state index contributed by atoms with van der Waals surface area (Å²) < 4.78 is 7.68. The molecule has 1 fully saturated rings. The number of likely N-dealkylation sites (N-methyl/N-ethyl adjacent to an activating group) is 1. The van der Waals surface area contributed by atoms with Gasteiger partial charge in [-0.1, -0.05) is 80.8 Å². The van der Waals surface area contributed by atoms with E-state index in [0.717, 1.165) is 90.7 Å². The molecule has 3 aromatic heterocycles. The minimum Gasteiger partial charge on any atom is -0.467 e. The first-order valence-corrected chi connectivity index (χ1v) is 26.7. The average molecular weight is 964 g/mol. The quantitative estimate of drug-likeness (QED) is 0.0173. The van der Waals surface area contributed by atoms with Gasteiger partial charge < -0.3 is 30.6 Å². The van der Waals surface area contributed by atoms with Crippen LogP contribution in [0.25, 0.3) is 33.4 Å². The van der Waals surface area contributed by atoms with Crippen molar-refractivity contribution < 1.29 is 19.1 Å². The number of Topliss-reactive ketones (excluding diaryl/α,β-unsaturated/α-hetero) is 1. The number of pyridine rings is 1. The number of hydrazine groups is 1. The third-order valence-corrected chi connectivity index (χ3v) is 14.6. The third-order valence-electron chi connectivity index (χ3n) is 12.3. The highest BCUT2D eigenvalue weighted by Gasteiger charge is 2.33. The van der Waals surface area contributed by atoms with E-state index in [-0.39, 0.29) is 45.5 Å². The molecule has 374 valence electrons. The highest BCUT2D eigenvalue weighted by Crippen LogP contribution is 2.42. The number of nitrogens with two attached hydrogens (primary N) is 3. The van der Waals surface area contributed by atoms with Gasteiger partial charge in [-0.3, -0.25) is 30.6 Å². The van der Waals surface area contributed by atoms with Gasteiger partial charge in [0.05, 0.1) is 34.5 Å². The van der Waals surface area contributed by atoms with Gasteiger partial charge in [-0.25, -0.2) is 4.98 Å². The van der Waals surface area contributed by atoms with Crippen LogP contribution in [-0.2, 0) is 38.5 Å². The maximum atomic E-state index is 12.7. The van der Waals surface area contributed by atoms with Crippen LogP contribution in [0.5, 0.6) is 0 Å². The van der Waals surface area contributed by atoms with Gasteiger partial charge in [-0.15, -0.1) is 11.3 Å². The molecule has 4 atom stereocenters. The lowest BCUT2D eigenvalue weighted by Gasteiger charge is -2.46. The largest absolute Gasteiger partial charge is 0.467 e. The van der Waals surface area contributed by atoms with Gasteiger partial charge in [-0.2, -0.15) is 10.5 Å². The second-order valence-corrected chi connectivity index (χ2v) is 21.2. The van der Waals surface area contributed by atoms with E-state index in [1.165, 1.54) is 23.7 Å². The van der Waals surface area contributed by atoms with Gasteiger partial charge >= 0.3 is 0 Å². The van der Waals surface area contributed by atoms with Crippen molar-refractivity contribution in [1.82, 2.24) is 29.8 Å². The number of aryl methyl sites for hydroxylation is 1. The van der Waals surface area contributed by atoms with Crippen molar-refractivity contribution in [3.8, 4) is 22.5 Å². The summed E-state index contributed by atoms with van der Waals surface area (Å²) in [4.78, 5) is 49.3. The second kappa shape index (κ2) is 28.8. The number of hydrogen-bond acceptors (Lipinski definition) is 12. The topological polar surface area (TPSA) is 188 Å². The fraction of sp³-hybridized carbons (Fsp3) is 0.577. The lowest BCUT2D eigenvalue weighted by atomic mass is 9.84. The monoisotopic (exact) mass is 964 g/mol. The molecular formula is C52H85N9O4S2. The zero-order valence-electron chi connectivity index (χ0n) is 43.1. The molecule has 1 amide bonds. The molecule has 0 aliphatic carbocycles. The number of carbonyl (C=O) groups is 3. The van der Waals surface area contributed by atoms with Gasteiger partial charge in [0.2, 0.25) is 5.91 Å². The molecule has 1 aliphatic heterocycles. The lowest BCUT2D eigenvalue weighted by molar-refractivity contribution is -0.131. The van der Waals surface area contributed by atoms with Crippen LogP contribution in [0.1, 0.15) is 117 Å². The molecule has 0 bridgehead atoms. The van der Waals surface area contributed by atoms with E-state index in [2.05, 4.69) is 104 Å². The Bertz CT molecular complexity index is 2190. The molecule has 7 N–H and O–H groups in total. The Morgan fingerprint density at radius 2 is 1.79 bits per heavy atom. The van der Waals surface area contributed by atoms with Crippen LogP contribution in [0, 0.1) is 17.3 Å². The van der Waals surface area contributed by atoms with E-state index in [1.807, 2.05) is 58.8 Å². The summed E-state index contributed by atoms with van der Waals surface area (Å²) in [5, 5.41) is 4.90. The summed E-state index contributed by atoms with van der Waals surface area (Å²) in [6, 6.07) is 10.5. The van der Waals surface area contributed by atoms with E-state index in [4.69, 9.17) is 26.3 Å². The standard InChI is InChI=1S/C36H49N5O3S.C13H25N3OS.C2H6.CH5N/c1-7-24(3)34-27(12-11-16-38-34)35-29(20-36(5,6)22-44-23-42)28-19-26(14-15-31(28)41(35)8-2)30-21-45-33(40-30)18-25(4)32(43)13-9-10-17-39-37;1-9(2)12(13(14)17)15(4)10(3)16-7-11(8-16)18(5)6;2*1-2/h11-12,14-16,19,21,23-25,39H,7-10,13,17-18,20,22,37H2,1-6H3;9,11-12H,3,5,7-8H2,1-2,4,6H3,(H2,14,17);1-2H3;2H2,1H3. The smallest absolute Gasteiger partial charge is 0.293 e. The second-order valence-electron chi connectivity index (χ2n) is 18.2. The van der Waals surface area contributed by atoms with Crippen LogP contribution in [0.15, 0.2) is 54.3 Å². The number of thiazole rings is 1. The zero-order chi connectivity index (χ0) is 50.6. The first-order valence-electron chi connectivity index (χ1n) is 23.9. The van der Waals surface area contributed by atoms with Crippen LogP contribution in [0.2, 0.25) is 0 Å². The molecular weight excluding hydrogens is 879 g/mol. The predicted octanol–water partition coefficient (Wildman–Crippen LogP) is 9.00. The summed E-state index contributed by atoms with van der Waals surface area (Å²) in [6.45, 7) is 29.3. The number of hydrogen-bond donors (Lipinski definition) is 4.